The second-order valence-corrected chi connectivity index (χ2v) is 12.6. The molecule has 1 aliphatic heterocycles. The molecule has 3 aromatic carbocycles. The fourth-order valence-electron chi connectivity index (χ4n) is 4.84. The number of halogens is 1. The molecule has 6 rings (SSSR count). The number of methoxy groups -OCH3 is 1. The van der Waals surface area contributed by atoms with Crippen molar-refractivity contribution in [3.63, 3.8) is 0 Å². The molecule has 5 aromatic rings. The number of hydrogen-bond donors (Lipinski definition) is 2. The van der Waals surface area contributed by atoms with Gasteiger partial charge in [0.2, 0.25) is 0 Å². The van der Waals surface area contributed by atoms with E-state index in [1.54, 1.807) is 53.2 Å². The van der Waals surface area contributed by atoms with Crippen LogP contribution in [0.25, 0.3) is 15.9 Å². The van der Waals surface area contributed by atoms with E-state index < -0.39 is 15.9 Å². The number of thiophene rings is 1. The lowest BCUT2D eigenvalue weighted by Gasteiger charge is -2.30. The van der Waals surface area contributed by atoms with E-state index in [4.69, 9.17) is 9.47 Å². The third-order valence-corrected chi connectivity index (χ3v) is 9.55. The predicted octanol–water partition coefficient (Wildman–Crippen LogP) is 5.43. The van der Waals surface area contributed by atoms with E-state index in [2.05, 4.69) is 15.1 Å². The van der Waals surface area contributed by atoms with Gasteiger partial charge in [0.15, 0.2) is 0 Å². The maximum atomic E-state index is 13.6. The summed E-state index contributed by atoms with van der Waals surface area (Å²) in [5, 5.41) is 8.32. The Kier molecular flexibility index (Phi) is 7.77. The third-order valence-electron chi connectivity index (χ3n) is 7.06. The van der Waals surface area contributed by atoms with Gasteiger partial charge >= 0.3 is 0 Å². The summed E-state index contributed by atoms with van der Waals surface area (Å²) in [7, 11) is -2.45. The van der Waals surface area contributed by atoms with Gasteiger partial charge in [-0.1, -0.05) is 0 Å². The van der Waals surface area contributed by atoms with Crippen molar-refractivity contribution in [3.05, 3.63) is 89.2 Å². The van der Waals surface area contributed by atoms with Gasteiger partial charge in [-0.05, 0) is 79.7 Å². The maximum absolute atomic E-state index is 13.6. The van der Waals surface area contributed by atoms with E-state index in [1.165, 1.54) is 42.7 Å². The summed E-state index contributed by atoms with van der Waals surface area (Å²) >= 11 is 1.25. The van der Waals surface area contributed by atoms with Crippen LogP contribution in [0.4, 0.5) is 21.5 Å². The molecule has 1 fully saturated rings. The van der Waals surface area contributed by atoms with E-state index in [1.807, 2.05) is 11.8 Å². The van der Waals surface area contributed by atoms with Crippen molar-refractivity contribution in [1.82, 2.24) is 9.78 Å². The van der Waals surface area contributed by atoms with Crippen molar-refractivity contribution in [2.45, 2.75) is 11.8 Å². The zero-order valence-electron chi connectivity index (χ0n) is 23.3. The van der Waals surface area contributed by atoms with E-state index in [0.717, 1.165) is 15.9 Å². The first-order valence-electron chi connectivity index (χ1n) is 13.4. The lowest BCUT2D eigenvalue weighted by molar-refractivity contribution is 0.103. The molecule has 0 unspecified atom stereocenters. The van der Waals surface area contributed by atoms with Crippen LogP contribution in [-0.4, -0.2) is 57.5 Å². The number of ether oxygens (including phenoxy) is 2. The minimum absolute atomic E-state index is 0.00485. The molecule has 3 heterocycles. The Balaban J connectivity index is 1.33. The molecule has 2 N–H and O–H groups in total. The van der Waals surface area contributed by atoms with Gasteiger partial charge < -0.3 is 19.7 Å². The highest BCUT2D eigenvalue weighted by molar-refractivity contribution is 7.92. The van der Waals surface area contributed by atoms with E-state index in [-0.39, 0.29) is 10.7 Å². The number of hydrogen-bond acceptors (Lipinski definition) is 8. The normalized spacial score (nSPS) is 13.7. The average Bonchev–Trinajstić information content (AvgIpc) is 3.59. The molecule has 0 bridgehead atoms. The Morgan fingerprint density at radius 3 is 2.44 bits per heavy atom. The topological polar surface area (TPSA) is 115 Å². The van der Waals surface area contributed by atoms with E-state index in [0.29, 0.717) is 59.7 Å². The smallest absolute Gasteiger partial charge is 0.265 e. The van der Waals surface area contributed by atoms with Crippen LogP contribution in [0.5, 0.6) is 5.75 Å². The monoisotopic (exact) mass is 621 g/mol. The number of carbonyl (C=O) groups is 1. The highest BCUT2D eigenvalue weighted by atomic mass is 32.2. The molecule has 0 aliphatic carbocycles. The Morgan fingerprint density at radius 2 is 1.74 bits per heavy atom. The van der Waals surface area contributed by atoms with Gasteiger partial charge in [0, 0.05) is 24.2 Å². The summed E-state index contributed by atoms with van der Waals surface area (Å²) in [5.41, 5.74) is 2.82. The third kappa shape index (κ3) is 5.91. The number of amides is 1. The summed E-state index contributed by atoms with van der Waals surface area (Å²) in [6.45, 7) is 4.06. The number of carbonyl (C=O) groups excluding carboxylic acids is 1. The van der Waals surface area contributed by atoms with Crippen molar-refractivity contribution in [3.8, 4) is 11.4 Å². The second kappa shape index (κ2) is 11.7. The molecule has 10 nitrogen and oxygen atoms in total. The number of morpholine rings is 1. The summed E-state index contributed by atoms with van der Waals surface area (Å²) in [5.74, 6) is -0.141. The fraction of sp³-hybridized carbons (Fsp3) is 0.200. The van der Waals surface area contributed by atoms with Crippen molar-refractivity contribution in [2.24, 2.45) is 0 Å². The van der Waals surface area contributed by atoms with Gasteiger partial charge in [0.1, 0.15) is 16.4 Å². The number of sulfonamides is 1. The minimum Gasteiger partial charge on any atom is -0.497 e. The maximum Gasteiger partial charge on any atom is 0.265 e. The standard InChI is InChI=1S/C30H28FN5O5S2/c1-19-25-18-28(42-30(25)36(33-19)22-7-3-20(31)4-8-22)29(37)32-26-17-24(11-12-27(26)35-13-15-41-16-14-35)43(38,39)34-21-5-9-23(40-2)10-6-21/h3-12,17-18,34H,13-16H2,1-2H3,(H,32,37). The Bertz CT molecular complexity index is 1900. The summed E-state index contributed by atoms with van der Waals surface area (Å²) in [6.07, 6.45) is 0. The number of nitrogens with zero attached hydrogens (tertiary/aromatic N) is 3. The fourth-order valence-corrected chi connectivity index (χ4v) is 7.00. The predicted molar refractivity (Wildman–Crippen MR) is 165 cm³/mol. The average molecular weight is 622 g/mol. The minimum atomic E-state index is -3.98. The molecule has 13 heteroatoms. The van der Waals surface area contributed by atoms with Crippen molar-refractivity contribution < 1.29 is 27.1 Å². The molecule has 1 aliphatic rings. The molecule has 43 heavy (non-hydrogen) atoms. The van der Waals surface area contributed by atoms with Crippen molar-refractivity contribution in [2.75, 3.05) is 48.4 Å². The SMILES string of the molecule is COc1ccc(NS(=O)(=O)c2ccc(N3CCOCC3)c(NC(=O)c3cc4c(C)nn(-c5ccc(F)cc5)c4s3)c2)cc1. The number of fused-ring (bicyclic) bond motifs is 1. The zero-order chi connectivity index (χ0) is 30.1. The zero-order valence-corrected chi connectivity index (χ0v) is 25.0. The highest BCUT2D eigenvalue weighted by Crippen LogP contribution is 2.34. The second-order valence-electron chi connectivity index (χ2n) is 9.87. The number of nitrogens with one attached hydrogen (secondary N) is 2. The summed E-state index contributed by atoms with van der Waals surface area (Å²) in [4.78, 5) is 16.8. The quantitative estimate of drug-likeness (QED) is 0.237. The van der Waals surface area contributed by atoms with Crippen LogP contribution in [0.2, 0.25) is 0 Å². The molecule has 0 atom stereocenters. The Morgan fingerprint density at radius 1 is 1.02 bits per heavy atom. The molecule has 0 saturated carbocycles. The first-order chi connectivity index (χ1) is 20.7. The number of anilines is 3. The molecule has 0 spiro atoms. The van der Waals surface area contributed by atoms with Gasteiger partial charge in [0.05, 0.1) is 52.9 Å². The number of rotatable bonds is 8. The number of aromatic nitrogens is 2. The van der Waals surface area contributed by atoms with Crippen LogP contribution < -0.4 is 19.7 Å². The van der Waals surface area contributed by atoms with Crippen molar-refractivity contribution >= 4 is 54.5 Å². The van der Waals surface area contributed by atoms with Crippen molar-refractivity contribution in [1.29, 1.82) is 0 Å². The Hall–Kier alpha value is -4.46. The molecular weight excluding hydrogens is 593 g/mol. The summed E-state index contributed by atoms with van der Waals surface area (Å²) in [6, 6.07) is 19.0. The number of aryl methyl sites for hydroxylation is 1. The number of benzene rings is 3. The van der Waals surface area contributed by atoms with Crippen LogP contribution in [0.15, 0.2) is 77.7 Å². The van der Waals surface area contributed by atoms with Gasteiger partial charge in [-0.2, -0.15) is 5.10 Å². The lowest BCUT2D eigenvalue weighted by atomic mass is 10.2. The lowest BCUT2D eigenvalue weighted by Crippen LogP contribution is -2.36. The Labute approximate surface area is 251 Å². The van der Waals surface area contributed by atoms with Crippen LogP contribution in [0.3, 0.4) is 0 Å². The molecule has 1 saturated heterocycles. The molecular formula is C30H28FN5O5S2. The molecule has 2 aromatic heterocycles. The van der Waals surface area contributed by atoms with Gasteiger partial charge in [0.25, 0.3) is 15.9 Å². The van der Waals surface area contributed by atoms with Gasteiger partial charge in [-0.25, -0.2) is 17.5 Å². The molecule has 222 valence electrons. The van der Waals surface area contributed by atoms with Crippen LogP contribution in [-0.2, 0) is 14.8 Å². The van der Waals surface area contributed by atoms with Gasteiger partial charge in [-0.15, -0.1) is 11.3 Å². The molecule has 1 amide bonds. The van der Waals surface area contributed by atoms with Gasteiger partial charge in [-0.3, -0.25) is 9.52 Å². The highest BCUT2D eigenvalue weighted by Gasteiger charge is 2.23. The largest absolute Gasteiger partial charge is 0.497 e. The van der Waals surface area contributed by atoms with E-state index in [9.17, 15) is 17.6 Å². The first kappa shape index (κ1) is 28.6. The van der Waals surface area contributed by atoms with E-state index >= 15 is 0 Å². The van der Waals surface area contributed by atoms with Crippen LogP contribution in [0.1, 0.15) is 15.4 Å². The van der Waals surface area contributed by atoms with Crippen LogP contribution >= 0.6 is 11.3 Å². The molecule has 0 radical (unpaired) electrons. The summed E-state index contributed by atoms with van der Waals surface area (Å²) < 4.78 is 55.1. The first-order valence-corrected chi connectivity index (χ1v) is 15.7. The van der Waals surface area contributed by atoms with Crippen LogP contribution in [0, 0.1) is 12.7 Å².